The van der Waals surface area contributed by atoms with Crippen LogP contribution in [0.5, 0.6) is 11.5 Å². The number of ether oxygens (including phenoxy) is 2. The summed E-state index contributed by atoms with van der Waals surface area (Å²) in [5.74, 6) is 1.31. The van der Waals surface area contributed by atoms with E-state index in [0.29, 0.717) is 35.8 Å². The highest BCUT2D eigenvalue weighted by Crippen LogP contribution is 2.31. The Kier molecular flexibility index (Phi) is 2.33. The molecule has 1 aliphatic rings. The molecule has 2 heterocycles. The number of carbonyl (C=O) groups excluding carboxylic acids is 1. The van der Waals surface area contributed by atoms with E-state index in [-0.39, 0.29) is 5.78 Å². The summed E-state index contributed by atoms with van der Waals surface area (Å²) in [6.07, 6.45) is 3.41. The third kappa shape index (κ3) is 1.78. The van der Waals surface area contributed by atoms with Crippen molar-refractivity contribution in [2.24, 2.45) is 0 Å². The van der Waals surface area contributed by atoms with E-state index >= 15 is 0 Å². The molecule has 86 valence electrons. The van der Waals surface area contributed by atoms with Crippen LogP contribution in [-0.4, -0.2) is 24.0 Å². The molecule has 4 nitrogen and oxygen atoms in total. The van der Waals surface area contributed by atoms with Crippen LogP contribution in [0, 0.1) is 0 Å². The predicted molar refractivity (Wildman–Crippen MR) is 61.7 cm³/mol. The van der Waals surface area contributed by atoms with Gasteiger partial charge in [0.15, 0.2) is 17.3 Å². The average Bonchev–Trinajstić information content (AvgIpc) is 2.91. The average molecular weight is 229 g/mol. The summed E-state index contributed by atoms with van der Waals surface area (Å²) in [5.41, 5.74) is 1.25. The Bertz CT molecular complexity index is 546. The van der Waals surface area contributed by atoms with Crippen LogP contribution >= 0.6 is 0 Å². The van der Waals surface area contributed by atoms with Gasteiger partial charge in [-0.15, -0.1) is 0 Å². The number of hydrogen-bond donors (Lipinski definition) is 1. The Labute approximate surface area is 98.2 Å². The number of aromatic nitrogens is 1. The van der Waals surface area contributed by atoms with Crippen molar-refractivity contribution in [3.63, 3.8) is 0 Å². The number of fused-ring (bicyclic) bond motifs is 1. The smallest absolute Gasteiger partial charge is 0.194 e. The third-order valence-electron chi connectivity index (χ3n) is 2.66. The van der Waals surface area contributed by atoms with Gasteiger partial charge in [-0.2, -0.15) is 0 Å². The van der Waals surface area contributed by atoms with Crippen molar-refractivity contribution in [3.05, 3.63) is 47.8 Å². The monoisotopic (exact) mass is 229 g/mol. The minimum Gasteiger partial charge on any atom is -0.486 e. The summed E-state index contributed by atoms with van der Waals surface area (Å²) < 4.78 is 10.9. The van der Waals surface area contributed by atoms with Gasteiger partial charge in [0.25, 0.3) is 0 Å². The largest absolute Gasteiger partial charge is 0.486 e. The Balaban J connectivity index is 1.96. The van der Waals surface area contributed by atoms with Gasteiger partial charge < -0.3 is 14.5 Å². The first-order valence-electron chi connectivity index (χ1n) is 5.42. The topological polar surface area (TPSA) is 51.3 Å². The van der Waals surface area contributed by atoms with Crippen LogP contribution in [-0.2, 0) is 0 Å². The highest BCUT2D eigenvalue weighted by Gasteiger charge is 2.15. The predicted octanol–water partition coefficient (Wildman–Crippen LogP) is 2.02. The molecule has 0 saturated carbocycles. The van der Waals surface area contributed by atoms with Crippen molar-refractivity contribution in [2.75, 3.05) is 13.2 Å². The maximum atomic E-state index is 12.1. The number of rotatable bonds is 2. The Morgan fingerprint density at radius 1 is 1.06 bits per heavy atom. The van der Waals surface area contributed by atoms with Gasteiger partial charge >= 0.3 is 0 Å². The molecule has 4 heteroatoms. The van der Waals surface area contributed by atoms with E-state index in [0.717, 1.165) is 0 Å². The van der Waals surface area contributed by atoms with Crippen molar-refractivity contribution < 1.29 is 14.3 Å². The van der Waals surface area contributed by atoms with Gasteiger partial charge in [-0.3, -0.25) is 4.79 Å². The highest BCUT2D eigenvalue weighted by molar-refractivity contribution is 6.09. The van der Waals surface area contributed by atoms with Crippen molar-refractivity contribution >= 4 is 5.78 Å². The SMILES string of the molecule is O=C(c1cc[nH]c1)c1ccc2c(c1)OCCO2. The quantitative estimate of drug-likeness (QED) is 0.801. The molecule has 1 aliphatic heterocycles. The molecule has 1 N–H and O–H groups in total. The van der Waals surface area contributed by atoms with E-state index in [4.69, 9.17) is 9.47 Å². The van der Waals surface area contributed by atoms with Gasteiger partial charge in [0.1, 0.15) is 13.2 Å². The molecular weight excluding hydrogens is 218 g/mol. The molecule has 0 saturated heterocycles. The van der Waals surface area contributed by atoms with E-state index in [9.17, 15) is 4.79 Å². The number of aromatic amines is 1. The molecule has 0 unspecified atom stereocenters. The molecule has 0 spiro atoms. The number of carbonyl (C=O) groups is 1. The zero-order valence-corrected chi connectivity index (χ0v) is 9.10. The van der Waals surface area contributed by atoms with E-state index in [1.807, 2.05) is 0 Å². The Morgan fingerprint density at radius 2 is 1.88 bits per heavy atom. The molecule has 0 bridgehead atoms. The van der Waals surface area contributed by atoms with E-state index in [2.05, 4.69) is 4.98 Å². The molecule has 1 aromatic heterocycles. The highest BCUT2D eigenvalue weighted by atomic mass is 16.6. The van der Waals surface area contributed by atoms with Gasteiger partial charge in [0, 0.05) is 23.5 Å². The van der Waals surface area contributed by atoms with Gasteiger partial charge in [-0.25, -0.2) is 0 Å². The lowest BCUT2D eigenvalue weighted by Crippen LogP contribution is -2.15. The summed E-state index contributed by atoms with van der Waals surface area (Å²) in [5, 5.41) is 0. The number of nitrogens with one attached hydrogen (secondary N) is 1. The zero-order chi connectivity index (χ0) is 11.7. The minimum atomic E-state index is -0.0248. The van der Waals surface area contributed by atoms with E-state index < -0.39 is 0 Å². The van der Waals surface area contributed by atoms with Gasteiger partial charge in [0.05, 0.1) is 0 Å². The summed E-state index contributed by atoms with van der Waals surface area (Å²) in [7, 11) is 0. The van der Waals surface area contributed by atoms with Crippen molar-refractivity contribution in [3.8, 4) is 11.5 Å². The molecular formula is C13H11NO3. The first-order chi connectivity index (χ1) is 8.34. The van der Waals surface area contributed by atoms with Crippen LogP contribution in [0.4, 0.5) is 0 Å². The van der Waals surface area contributed by atoms with Crippen LogP contribution in [0.3, 0.4) is 0 Å². The number of benzene rings is 1. The van der Waals surface area contributed by atoms with Crippen molar-refractivity contribution in [1.29, 1.82) is 0 Å². The fourth-order valence-corrected chi connectivity index (χ4v) is 1.82. The molecule has 17 heavy (non-hydrogen) atoms. The van der Waals surface area contributed by atoms with Gasteiger partial charge in [-0.05, 0) is 24.3 Å². The summed E-state index contributed by atoms with van der Waals surface area (Å²) >= 11 is 0. The summed E-state index contributed by atoms with van der Waals surface area (Å²) in [6, 6.07) is 7.00. The summed E-state index contributed by atoms with van der Waals surface area (Å²) in [4.78, 5) is 14.9. The van der Waals surface area contributed by atoms with Crippen molar-refractivity contribution in [1.82, 2.24) is 4.98 Å². The van der Waals surface area contributed by atoms with Crippen LogP contribution in [0.2, 0.25) is 0 Å². The molecule has 2 aromatic rings. The Morgan fingerprint density at radius 3 is 2.65 bits per heavy atom. The number of hydrogen-bond acceptors (Lipinski definition) is 3. The first-order valence-corrected chi connectivity index (χ1v) is 5.42. The van der Waals surface area contributed by atoms with E-state index in [1.165, 1.54) is 0 Å². The lowest BCUT2D eigenvalue weighted by atomic mass is 10.1. The van der Waals surface area contributed by atoms with Gasteiger partial charge in [-0.1, -0.05) is 0 Å². The lowest BCUT2D eigenvalue weighted by Gasteiger charge is -2.18. The molecule has 0 amide bonds. The molecule has 1 aromatic carbocycles. The molecule has 0 radical (unpaired) electrons. The maximum Gasteiger partial charge on any atom is 0.194 e. The lowest BCUT2D eigenvalue weighted by molar-refractivity contribution is 0.103. The summed E-state index contributed by atoms with van der Waals surface area (Å²) in [6.45, 7) is 1.08. The maximum absolute atomic E-state index is 12.1. The molecule has 0 aliphatic carbocycles. The standard InChI is InChI=1S/C13H11NO3/c15-13(10-3-4-14-8-10)9-1-2-11-12(7-9)17-6-5-16-11/h1-4,7-8,14H,5-6H2. The normalized spacial score (nSPS) is 13.4. The first kappa shape index (κ1) is 9.96. The molecule has 0 fully saturated rings. The molecule has 0 atom stereocenters. The fraction of sp³-hybridized carbons (Fsp3) is 0.154. The number of H-pyrrole nitrogens is 1. The second kappa shape index (κ2) is 3.97. The van der Waals surface area contributed by atoms with Crippen LogP contribution in [0.15, 0.2) is 36.7 Å². The van der Waals surface area contributed by atoms with E-state index in [1.54, 1.807) is 36.7 Å². The van der Waals surface area contributed by atoms with Crippen molar-refractivity contribution in [2.45, 2.75) is 0 Å². The fourth-order valence-electron chi connectivity index (χ4n) is 1.82. The van der Waals surface area contributed by atoms with Crippen LogP contribution in [0.25, 0.3) is 0 Å². The second-order valence-electron chi connectivity index (χ2n) is 3.79. The minimum absolute atomic E-state index is 0.0248. The number of ketones is 1. The molecule has 3 rings (SSSR count). The van der Waals surface area contributed by atoms with Crippen LogP contribution < -0.4 is 9.47 Å². The van der Waals surface area contributed by atoms with Gasteiger partial charge in [0.2, 0.25) is 0 Å². The third-order valence-corrected chi connectivity index (χ3v) is 2.66. The van der Waals surface area contributed by atoms with Crippen LogP contribution in [0.1, 0.15) is 15.9 Å². The second-order valence-corrected chi connectivity index (χ2v) is 3.79. The zero-order valence-electron chi connectivity index (χ0n) is 9.10. The Hall–Kier alpha value is -2.23.